The third kappa shape index (κ3) is 4.44. The van der Waals surface area contributed by atoms with Gasteiger partial charge in [0.25, 0.3) is 0 Å². The van der Waals surface area contributed by atoms with Crippen LogP contribution in [0.5, 0.6) is 0 Å². The summed E-state index contributed by atoms with van der Waals surface area (Å²) in [4.78, 5) is 2.46. The Balaban J connectivity index is 2.17. The average Bonchev–Trinajstić information content (AvgIpc) is 2.42. The van der Waals surface area contributed by atoms with Crippen LogP contribution in [0.1, 0.15) is 46.1 Å². The van der Waals surface area contributed by atoms with E-state index in [1.54, 1.807) is 12.1 Å². The maximum Gasteiger partial charge on any atom is 0.123 e. The molecule has 0 spiro atoms. The first kappa shape index (κ1) is 16.3. The average molecular weight is 292 g/mol. The molecule has 0 bridgehead atoms. The second-order valence-electron chi connectivity index (χ2n) is 6.98. The van der Waals surface area contributed by atoms with Crippen LogP contribution < -0.4 is 10.2 Å². The number of rotatable bonds is 5. The van der Waals surface area contributed by atoms with E-state index >= 15 is 0 Å². The Bertz CT molecular complexity index is 459. The SMILES string of the molecule is CC(C)CNCc1cc(F)ccc1N1CC(C)CCC1C. The van der Waals surface area contributed by atoms with E-state index in [-0.39, 0.29) is 5.82 Å². The molecule has 1 aliphatic rings. The van der Waals surface area contributed by atoms with E-state index in [1.807, 2.05) is 6.07 Å². The summed E-state index contributed by atoms with van der Waals surface area (Å²) in [5.41, 5.74) is 2.28. The lowest BCUT2D eigenvalue weighted by Crippen LogP contribution is -2.41. The Labute approximate surface area is 128 Å². The Kier molecular flexibility index (Phi) is 5.63. The fourth-order valence-electron chi connectivity index (χ4n) is 3.10. The molecule has 1 aromatic rings. The summed E-state index contributed by atoms with van der Waals surface area (Å²) in [5.74, 6) is 1.18. The van der Waals surface area contributed by atoms with Gasteiger partial charge in [-0.3, -0.25) is 0 Å². The number of benzene rings is 1. The van der Waals surface area contributed by atoms with Crippen molar-refractivity contribution in [1.82, 2.24) is 5.32 Å². The zero-order valence-corrected chi connectivity index (χ0v) is 13.8. The van der Waals surface area contributed by atoms with E-state index in [1.165, 1.54) is 18.5 Å². The molecule has 2 unspecified atom stereocenters. The van der Waals surface area contributed by atoms with Gasteiger partial charge in [0.1, 0.15) is 5.82 Å². The van der Waals surface area contributed by atoms with Crippen LogP contribution in [0, 0.1) is 17.7 Å². The topological polar surface area (TPSA) is 15.3 Å². The second-order valence-corrected chi connectivity index (χ2v) is 6.98. The highest BCUT2D eigenvalue weighted by Crippen LogP contribution is 2.30. The lowest BCUT2D eigenvalue weighted by molar-refractivity contribution is 0.389. The maximum atomic E-state index is 13.6. The Morgan fingerprint density at radius 2 is 2.05 bits per heavy atom. The van der Waals surface area contributed by atoms with Crippen molar-refractivity contribution < 1.29 is 4.39 Å². The highest BCUT2D eigenvalue weighted by Gasteiger charge is 2.24. The molecule has 0 radical (unpaired) electrons. The minimum atomic E-state index is -0.141. The van der Waals surface area contributed by atoms with Gasteiger partial charge in [-0.2, -0.15) is 0 Å². The van der Waals surface area contributed by atoms with Crippen LogP contribution in [0.25, 0.3) is 0 Å². The van der Waals surface area contributed by atoms with Gasteiger partial charge in [-0.1, -0.05) is 20.8 Å². The van der Waals surface area contributed by atoms with Gasteiger partial charge >= 0.3 is 0 Å². The van der Waals surface area contributed by atoms with Gasteiger partial charge in [-0.15, -0.1) is 0 Å². The Morgan fingerprint density at radius 1 is 1.29 bits per heavy atom. The number of anilines is 1. The first-order chi connectivity index (χ1) is 9.97. The predicted molar refractivity (Wildman–Crippen MR) is 88.2 cm³/mol. The minimum absolute atomic E-state index is 0.141. The molecule has 1 aliphatic heterocycles. The summed E-state index contributed by atoms with van der Waals surface area (Å²) in [6, 6.07) is 5.77. The van der Waals surface area contributed by atoms with E-state index in [0.29, 0.717) is 17.9 Å². The third-order valence-electron chi connectivity index (χ3n) is 4.34. The zero-order chi connectivity index (χ0) is 15.4. The molecule has 0 saturated carbocycles. The third-order valence-corrected chi connectivity index (χ3v) is 4.34. The van der Waals surface area contributed by atoms with Crippen molar-refractivity contribution in [2.45, 2.75) is 53.1 Å². The van der Waals surface area contributed by atoms with Gasteiger partial charge in [0.2, 0.25) is 0 Å². The van der Waals surface area contributed by atoms with Gasteiger partial charge in [0.15, 0.2) is 0 Å². The zero-order valence-electron chi connectivity index (χ0n) is 13.8. The molecule has 0 aliphatic carbocycles. The molecule has 1 heterocycles. The van der Waals surface area contributed by atoms with Crippen molar-refractivity contribution in [2.75, 3.05) is 18.0 Å². The molecular formula is C18H29FN2. The lowest BCUT2D eigenvalue weighted by Gasteiger charge is -2.39. The van der Waals surface area contributed by atoms with Gasteiger partial charge < -0.3 is 10.2 Å². The molecule has 0 aromatic heterocycles. The first-order valence-corrected chi connectivity index (χ1v) is 8.23. The normalized spacial score (nSPS) is 22.9. The van der Waals surface area contributed by atoms with Crippen molar-refractivity contribution in [3.8, 4) is 0 Å². The summed E-state index contributed by atoms with van der Waals surface area (Å²) in [7, 11) is 0. The molecule has 1 fully saturated rings. The number of hydrogen-bond acceptors (Lipinski definition) is 2. The van der Waals surface area contributed by atoms with Crippen LogP contribution in [0.15, 0.2) is 18.2 Å². The van der Waals surface area contributed by atoms with E-state index in [0.717, 1.165) is 25.2 Å². The summed E-state index contributed by atoms with van der Waals surface area (Å²) in [6.45, 7) is 11.7. The van der Waals surface area contributed by atoms with Crippen LogP contribution >= 0.6 is 0 Å². The molecule has 2 atom stereocenters. The molecule has 1 N–H and O–H groups in total. The minimum Gasteiger partial charge on any atom is -0.368 e. The fourth-order valence-corrected chi connectivity index (χ4v) is 3.10. The monoisotopic (exact) mass is 292 g/mol. The summed E-state index contributed by atoms with van der Waals surface area (Å²) in [5, 5.41) is 3.44. The summed E-state index contributed by atoms with van der Waals surface area (Å²) >= 11 is 0. The van der Waals surface area contributed by atoms with Crippen molar-refractivity contribution in [1.29, 1.82) is 0 Å². The van der Waals surface area contributed by atoms with E-state index in [4.69, 9.17) is 0 Å². The van der Waals surface area contributed by atoms with E-state index in [9.17, 15) is 4.39 Å². The van der Waals surface area contributed by atoms with Crippen molar-refractivity contribution in [3.05, 3.63) is 29.6 Å². The Hall–Kier alpha value is -1.09. The molecule has 1 saturated heterocycles. The molecule has 118 valence electrons. The smallest absolute Gasteiger partial charge is 0.123 e. The fraction of sp³-hybridized carbons (Fsp3) is 0.667. The quantitative estimate of drug-likeness (QED) is 0.875. The van der Waals surface area contributed by atoms with Gasteiger partial charge in [0.05, 0.1) is 0 Å². The molecule has 2 nitrogen and oxygen atoms in total. The Morgan fingerprint density at radius 3 is 2.76 bits per heavy atom. The van der Waals surface area contributed by atoms with Crippen LogP contribution in [0.3, 0.4) is 0 Å². The lowest BCUT2D eigenvalue weighted by atomic mass is 9.93. The van der Waals surface area contributed by atoms with E-state index < -0.39 is 0 Å². The van der Waals surface area contributed by atoms with Crippen molar-refractivity contribution in [2.24, 2.45) is 11.8 Å². The molecular weight excluding hydrogens is 263 g/mol. The van der Waals surface area contributed by atoms with Crippen molar-refractivity contribution >= 4 is 5.69 Å². The maximum absolute atomic E-state index is 13.6. The predicted octanol–water partition coefficient (Wildman–Crippen LogP) is 4.20. The van der Waals surface area contributed by atoms with E-state index in [2.05, 4.69) is 37.9 Å². The van der Waals surface area contributed by atoms with Crippen molar-refractivity contribution in [3.63, 3.8) is 0 Å². The van der Waals surface area contributed by atoms with Gasteiger partial charge in [-0.25, -0.2) is 4.39 Å². The highest BCUT2D eigenvalue weighted by atomic mass is 19.1. The second kappa shape index (κ2) is 7.26. The molecule has 3 heteroatoms. The van der Waals surface area contributed by atoms with Crippen LogP contribution in [-0.4, -0.2) is 19.1 Å². The number of nitrogens with one attached hydrogen (secondary N) is 1. The number of halogens is 1. The highest BCUT2D eigenvalue weighted by molar-refractivity contribution is 5.55. The first-order valence-electron chi connectivity index (χ1n) is 8.23. The number of nitrogens with zero attached hydrogens (tertiary/aromatic N) is 1. The van der Waals surface area contributed by atoms with Crippen LogP contribution in [0.4, 0.5) is 10.1 Å². The largest absolute Gasteiger partial charge is 0.368 e. The molecule has 21 heavy (non-hydrogen) atoms. The number of piperidine rings is 1. The molecule has 0 amide bonds. The summed E-state index contributed by atoms with van der Waals surface area (Å²) in [6.07, 6.45) is 2.51. The summed E-state index contributed by atoms with van der Waals surface area (Å²) < 4.78 is 13.6. The van der Waals surface area contributed by atoms with Crippen LogP contribution in [-0.2, 0) is 6.54 Å². The van der Waals surface area contributed by atoms with Gasteiger partial charge in [0, 0.05) is 24.8 Å². The van der Waals surface area contributed by atoms with Gasteiger partial charge in [-0.05, 0) is 61.9 Å². The number of hydrogen-bond donors (Lipinski definition) is 1. The molecule has 1 aromatic carbocycles. The standard InChI is InChI=1S/C18H29FN2/c1-13(2)10-20-11-16-9-17(19)7-8-18(16)21-12-14(3)5-6-15(21)4/h7-9,13-15,20H,5-6,10-12H2,1-4H3. The molecule has 2 rings (SSSR count). The van der Waals surface area contributed by atoms with Crippen LogP contribution in [0.2, 0.25) is 0 Å².